The average Bonchev–Trinajstić information content (AvgIpc) is 3.11. The minimum absolute atomic E-state index is 0.144. The summed E-state index contributed by atoms with van der Waals surface area (Å²) < 4.78 is 1.96. The highest BCUT2D eigenvalue weighted by Gasteiger charge is 2.26. The van der Waals surface area contributed by atoms with E-state index >= 15 is 0 Å². The number of carbonyl (C=O) groups is 2. The van der Waals surface area contributed by atoms with Crippen molar-refractivity contribution in [3.63, 3.8) is 0 Å². The fourth-order valence-corrected chi connectivity index (χ4v) is 4.12. The van der Waals surface area contributed by atoms with Crippen LogP contribution >= 0.6 is 43.7 Å². The van der Waals surface area contributed by atoms with Gasteiger partial charge in [-0.2, -0.15) is 0 Å². The quantitative estimate of drug-likeness (QED) is 0.344. The smallest absolute Gasteiger partial charge is 0.239 e. The average molecular weight is 502 g/mol. The van der Waals surface area contributed by atoms with Crippen LogP contribution < -0.4 is 0 Å². The first kappa shape index (κ1) is 19.3. The normalized spacial score (nSPS) is 14.5. The molecule has 3 heterocycles. The molecule has 2 aromatic heterocycles. The number of nitrogens with zero attached hydrogens (tertiary/aromatic N) is 2. The minimum atomic E-state index is -0.144. The highest BCUT2D eigenvalue weighted by Crippen LogP contribution is 2.35. The van der Waals surface area contributed by atoms with Crippen LogP contribution in [0.5, 0.6) is 0 Å². The summed E-state index contributed by atoms with van der Waals surface area (Å²) in [6.07, 6.45) is 2.56. The number of carbonyl (C=O) groups excluding carboxylic acids is 2. The van der Waals surface area contributed by atoms with Crippen molar-refractivity contribution in [3.05, 3.63) is 39.6 Å². The first-order valence-corrected chi connectivity index (χ1v) is 9.94. The van der Waals surface area contributed by atoms with Crippen LogP contribution in [0.25, 0.3) is 21.8 Å². The van der Waals surface area contributed by atoms with E-state index in [0.717, 1.165) is 35.5 Å². The molecule has 26 heavy (non-hydrogen) atoms. The molecule has 0 bridgehead atoms. The third kappa shape index (κ3) is 3.66. The van der Waals surface area contributed by atoms with Gasteiger partial charge in [0.2, 0.25) is 11.8 Å². The zero-order chi connectivity index (χ0) is 19.0. The van der Waals surface area contributed by atoms with Crippen LogP contribution in [0.3, 0.4) is 0 Å². The third-order valence-electron chi connectivity index (χ3n) is 4.11. The minimum Gasteiger partial charge on any atom is -0.352 e. The van der Waals surface area contributed by atoms with Gasteiger partial charge in [-0.1, -0.05) is 25.4 Å². The molecule has 1 fully saturated rings. The van der Waals surface area contributed by atoms with Crippen molar-refractivity contribution in [2.45, 2.75) is 32.6 Å². The van der Waals surface area contributed by atoms with E-state index in [4.69, 9.17) is 11.6 Å². The zero-order valence-electron chi connectivity index (χ0n) is 14.1. The topological polar surface area (TPSA) is 66.1 Å². The molecule has 4 rings (SSSR count). The number of fused-ring (bicyclic) bond motifs is 3. The molecule has 2 amide bonds. The van der Waals surface area contributed by atoms with Gasteiger partial charge in [0.15, 0.2) is 0 Å². The van der Waals surface area contributed by atoms with Gasteiger partial charge in [0, 0.05) is 39.3 Å². The van der Waals surface area contributed by atoms with Crippen LogP contribution in [0, 0.1) is 0 Å². The Labute approximate surface area is 172 Å². The van der Waals surface area contributed by atoms with Gasteiger partial charge in [-0.15, -0.1) is 0 Å². The third-order valence-corrected chi connectivity index (χ3v) is 5.75. The van der Waals surface area contributed by atoms with Crippen LogP contribution in [0.2, 0.25) is 5.02 Å². The van der Waals surface area contributed by atoms with Crippen molar-refractivity contribution in [2.75, 3.05) is 0 Å². The maximum absolute atomic E-state index is 10.4. The standard InChI is InChI=1S/C14H12BrClN2.C4H4BrNO2/c1-7(2)12-14-9(3-4-17-12)10-5-8(16)6-11(15)13(10)18-14;5-6-3(7)1-2-4(6)8/h3-7,18H,1-2H3;1-2H2. The molecule has 0 atom stereocenters. The molecular weight excluding hydrogens is 485 g/mol. The van der Waals surface area contributed by atoms with Crippen LogP contribution in [0.15, 0.2) is 28.9 Å². The van der Waals surface area contributed by atoms with Crippen LogP contribution in [-0.2, 0) is 9.59 Å². The number of halogens is 3. The Morgan fingerprint density at radius 1 is 1.15 bits per heavy atom. The molecule has 0 aliphatic carbocycles. The van der Waals surface area contributed by atoms with E-state index in [-0.39, 0.29) is 11.8 Å². The fourth-order valence-electron chi connectivity index (χ4n) is 2.86. The van der Waals surface area contributed by atoms with Gasteiger partial charge in [0.25, 0.3) is 0 Å². The fraction of sp³-hybridized carbons (Fsp3) is 0.278. The summed E-state index contributed by atoms with van der Waals surface area (Å²) in [7, 11) is 0. The lowest BCUT2D eigenvalue weighted by molar-refractivity contribution is -0.131. The van der Waals surface area contributed by atoms with Crippen LogP contribution in [0.4, 0.5) is 0 Å². The van der Waals surface area contributed by atoms with E-state index in [1.165, 1.54) is 5.39 Å². The second-order valence-corrected chi connectivity index (χ2v) is 8.28. The van der Waals surface area contributed by atoms with Gasteiger partial charge in [0.05, 0.1) is 32.9 Å². The molecule has 3 aromatic rings. The number of imide groups is 1. The molecule has 1 N–H and O–H groups in total. The van der Waals surface area contributed by atoms with E-state index < -0.39 is 0 Å². The molecule has 5 nitrogen and oxygen atoms in total. The van der Waals surface area contributed by atoms with E-state index in [2.05, 4.69) is 55.9 Å². The van der Waals surface area contributed by atoms with Crippen molar-refractivity contribution in [1.29, 1.82) is 0 Å². The summed E-state index contributed by atoms with van der Waals surface area (Å²) in [5.74, 6) is 0.0982. The molecule has 8 heteroatoms. The molecule has 1 aliphatic rings. The first-order valence-electron chi connectivity index (χ1n) is 8.06. The zero-order valence-corrected chi connectivity index (χ0v) is 18.1. The predicted molar refractivity (Wildman–Crippen MR) is 110 cm³/mol. The number of aromatic amines is 1. The molecule has 0 radical (unpaired) electrons. The van der Waals surface area contributed by atoms with E-state index in [0.29, 0.717) is 18.8 Å². The first-order chi connectivity index (χ1) is 12.3. The van der Waals surface area contributed by atoms with Crippen molar-refractivity contribution in [2.24, 2.45) is 0 Å². The maximum Gasteiger partial charge on any atom is 0.239 e. The highest BCUT2D eigenvalue weighted by molar-refractivity contribution is 9.10. The number of H-pyrrole nitrogens is 1. The Kier molecular flexibility index (Phi) is 5.69. The van der Waals surface area contributed by atoms with Crippen molar-refractivity contribution in [1.82, 2.24) is 13.9 Å². The van der Waals surface area contributed by atoms with Crippen LogP contribution in [0.1, 0.15) is 38.3 Å². The number of hydrogen-bond acceptors (Lipinski definition) is 3. The summed E-state index contributed by atoms with van der Waals surface area (Å²) in [6, 6.07) is 5.93. The second-order valence-electron chi connectivity index (χ2n) is 6.28. The Morgan fingerprint density at radius 3 is 2.35 bits per heavy atom. The summed E-state index contributed by atoms with van der Waals surface area (Å²) >= 11 is 12.5. The predicted octanol–water partition coefficient (Wildman–Crippen LogP) is 5.70. The molecule has 0 saturated carbocycles. The molecule has 1 aliphatic heterocycles. The molecule has 1 saturated heterocycles. The number of aromatic nitrogens is 2. The van der Waals surface area contributed by atoms with E-state index in [1.54, 1.807) is 0 Å². The Morgan fingerprint density at radius 2 is 1.81 bits per heavy atom. The molecule has 1 aromatic carbocycles. The number of rotatable bonds is 1. The summed E-state index contributed by atoms with van der Waals surface area (Å²) in [5.41, 5.74) is 3.27. The lowest BCUT2D eigenvalue weighted by Crippen LogP contribution is -2.16. The van der Waals surface area contributed by atoms with Crippen molar-refractivity contribution < 1.29 is 9.59 Å². The van der Waals surface area contributed by atoms with Crippen molar-refractivity contribution >= 4 is 77.3 Å². The number of nitrogens with one attached hydrogen (secondary N) is 1. The van der Waals surface area contributed by atoms with Gasteiger partial charge >= 0.3 is 0 Å². The number of benzene rings is 1. The summed E-state index contributed by atoms with van der Waals surface area (Å²) in [4.78, 5) is 28.8. The van der Waals surface area contributed by atoms with E-state index in [9.17, 15) is 9.59 Å². The van der Waals surface area contributed by atoms with Gasteiger partial charge in [0.1, 0.15) is 0 Å². The van der Waals surface area contributed by atoms with Gasteiger partial charge in [-0.25, -0.2) is 3.93 Å². The second kappa shape index (κ2) is 7.66. The largest absolute Gasteiger partial charge is 0.352 e. The Bertz CT molecular complexity index is 1000. The Hall–Kier alpha value is -1.44. The lowest BCUT2D eigenvalue weighted by atomic mass is 10.1. The molecule has 0 spiro atoms. The SMILES string of the molecule is CC(C)c1nccc2c1[nH]c1c(Br)cc(Cl)cc12.O=C1CCC(=O)N1Br. The highest BCUT2D eigenvalue weighted by atomic mass is 79.9. The number of amides is 2. The summed E-state index contributed by atoms with van der Waals surface area (Å²) in [5, 5.41) is 3.04. The Balaban J connectivity index is 0.000000206. The molecule has 136 valence electrons. The van der Waals surface area contributed by atoms with Crippen LogP contribution in [-0.4, -0.2) is 25.7 Å². The van der Waals surface area contributed by atoms with Crippen molar-refractivity contribution in [3.8, 4) is 0 Å². The molecule has 0 unspecified atom stereocenters. The summed E-state index contributed by atoms with van der Waals surface area (Å²) in [6.45, 7) is 4.30. The number of pyridine rings is 1. The monoisotopic (exact) mass is 499 g/mol. The lowest BCUT2D eigenvalue weighted by Gasteiger charge is -2.04. The van der Waals surface area contributed by atoms with Gasteiger partial charge in [-0.05, 0) is 40.0 Å². The van der Waals surface area contributed by atoms with E-state index in [1.807, 2.05) is 24.4 Å². The maximum atomic E-state index is 10.4. The number of hydrogen-bond donors (Lipinski definition) is 1. The molecular formula is C18H16Br2ClN3O2. The van der Waals surface area contributed by atoms with Gasteiger partial charge < -0.3 is 4.98 Å². The van der Waals surface area contributed by atoms with Gasteiger partial charge in [-0.3, -0.25) is 14.6 Å².